The van der Waals surface area contributed by atoms with Crippen LogP contribution in [0.3, 0.4) is 0 Å². The molecule has 9 heteroatoms. The molecule has 2 aromatic heterocycles. The quantitative estimate of drug-likeness (QED) is 0.197. The van der Waals surface area contributed by atoms with E-state index in [9.17, 15) is 9.59 Å². The van der Waals surface area contributed by atoms with Crippen molar-refractivity contribution in [2.24, 2.45) is 11.8 Å². The van der Waals surface area contributed by atoms with Gasteiger partial charge in [0, 0.05) is 71.4 Å². The molecule has 1 atom stereocenters. The number of rotatable bonds is 6. The van der Waals surface area contributed by atoms with Gasteiger partial charge in [0.25, 0.3) is 5.91 Å². The molecule has 0 N–H and O–H groups in total. The Bertz CT molecular complexity index is 1760. The second-order valence-corrected chi connectivity index (χ2v) is 15.5. The normalized spacial score (nSPS) is 18.8. The number of nitrogens with zero attached hydrogens (tertiary/aromatic N) is 4. The molecule has 3 aliphatic rings. The van der Waals surface area contributed by atoms with Crippen molar-refractivity contribution in [2.45, 2.75) is 57.4 Å². The molecule has 2 amide bonds. The summed E-state index contributed by atoms with van der Waals surface area (Å²) in [7, 11) is 0. The van der Waals surface area contributed by atoms with Crippen molar-refractivity contribution in [3.63, 3.8) is 0 Å². The second kappa shape index (κ2) is 14.3. The predicted octanol–water partition coefficient (Wildman–Crippen LogP) is 8.52. The SMILES string of the molecule is O=C(CC1CCN(C(=O)c2cccn2Cc2ccccc2)CC1)N1CCC([C@H]2c3ncc(Br)cc3CCc3cc(Cl)cc(Br)c32)CC1. The van der Waals surface area contributed by atoms with E-state index in [1.807, 2.05) is 58.3 Å². The fourth-order valence-corrected chi connectivity index (χ4v) is 9.42. The molecule has 0 bridgehead atoms. The summed E-state index contributed by atoms with van der Waals surface area (Å²) in [5.41, 5.74) is 6.94. The van der Waals surface area contributed by atoms with Gasteiger partial charge in [0.1, 0.15) is 5.69 Å². The van der Waals surface area contributed by atoms with E-state index in [4.69, 9.17) is 16.6 Å². The summed E-state index contributed by atoms with van der Waals surface area (Å²) in [4.78, 5) is 36.0. The third-order valence-corrected chi connectivity index (χ3v) is 11.7. The van der Waals surface area contributed by atoms with Gasteiger partial charge in [-0.2, -0.15) is 0 Å². The lowest BCUT2D eigenvalue weighted by molar-refractivity contribution is -0.134. The molecular weight excluding hydrogens is 740 g/mol. The molecule has 2 fully saturated rings. The minimum Gasteiger partial charge on any atom is -0.343 e. The molecule has 2 aliphatic heterocycles. The lowest BCUT2D eigenvalue weighted by Crippen LogP contribution is -2.43. The maximum atomic E-state index is 13.6. The second-order valence-electron chi connectivity index (χ2n) is 13.3. The highest BCUT2D eigenvalue weighted by atomic mass is 79.9. The summed E-state index contributed by atoms with van der Waals surface area (Å²) in [6.07, 6.45) is 9.92. The number of hydrogen-bond donors (Lipinski definition) is 0. The first kappa shape index (κ1) is 32.6. The van der Waals surface area contributed by atoms with Crippen molar-refractivity contribution in [2.75, 3.05) is 26.2 Å². The van der Waals surface area contributed by atoms with Crippen LogP contribution in [0.5, 0.6) is 0 Å². The van der Waals surface area contributed by atoms with Crippen LogP contribution in [-0.4, -0.2) is 57.3 Å². The molecule has 1 aliphatic carbocycles. The zero-order valence-corrected chi connectivity index (χ0v) is 30.3. The van der Waals surface area contributed by atoms with Crippen molar-refractivity contribution >= 4 is 55.3 Å². The third-order valence-electron chi connectivity index (χ3n) is 10.4. The molecule has 2 saturated heterocycles. The number of benzene rings is 2. The molecular formula is C38H39Br2ClN4O2. The Balaban J connectivity index is 0.957. The summed E-state index contributed by atoms with van der Waals surface area (Å²) in [6, 6.07) is 20.4. The summed E-state index contributed by atoms with van der Waals surface area (Å²) in [5.74, 6) is 1.19. The Morgan fingerprint density at radius 1 is 0.851 bits per heavy atom. The van der Waals surface area contributed by atoms with Gasteiger partial charge in [0.05, 0.1) is 5.69 Å². The van der Waals surface area contributed by atoms with E-state index in [0.29, 0.717) is 37.9 Å². The van der Waals surface area contributed by atoms with Crippen molar-refractivity contribution in [3.8, 4) is 0 Å². The number of aryl methyl sites for hydroxylation is 2. The minimum atomic E-state index is 0.0789. The minimum absolute atomic E-state index is 0.0789. The fourth-order valence-electron chi connectivity index (χ4n) is 7.92. The number of aromatic nitrogens is 2. The Kier molecular flexibility index (Phi) is 9.90. The largest absolute Gasteiger partial charge is 0.343 e. The maximum Gasteiger partial charge on any atom is 0.270 e. The number of fused-ring (bicyclic) bond motifs is 2. The molecule has 0 spiro atoms. The van der Waals surface area contributed by atoms with Gasteiger partial charge >= 0.3 is 0 Å². The van der Waals surface area contributed by atoms with E-state index < -0.39 is 0 Å². The smallest absolute Gasteiger partial charge is 0.270 e. The van der Waals surface area contributed by atoms with Crippen LogP contribution in [0.2, 0.25) is 5.02 Å². The van der Waals surface area contributed by atoms with Gasteiger partial charge in [-0.25, -0.2) is 0 Å². The fraction of sp³-hybridized carbons (Fsp3) is 0.395. The first-order valence-electron chi connectivity index (χ1n) is 16.7. The number of likely N-dealkylation sites (tertiary alicyclic amines) is 2. The molecule has 4 aromatic rings. The van der Waals surface area contributed by atoms with E-state index in [1.165, 1.54) is 22.3 Å². The molecule has 0 saturated carbocycles. The highest BCUT2D eigenvalue weighted by Crippen LogP contribution is 2.46. The number of amides is 2. The van der Waals surface area contributed by atoms with Crippen LogP contribution in [0, 0.1) is 11.8 Å². The molecule has 0 unspecified atom stereocenters. The van der Waals surface area contributed by atoms with E-state index >= 15 is 0 Å². The van der Waals surface area contributed by atoms with Gasteiger partial charge in [-0.15, -0.1) is 0 Å². The lowest BCUT2D eigenvalue weighted by atomic mass is 9.76. The number of carbonyl (C=O) groups excluding carboxylic acids is 2. The standard InChI is InChI=1S/C38H39Br2ClN4O2/c39-30-20-29-9-8-28-21-31(41)22-32(40)35(28)36(37(29)42-23-30)27-12-17-43(18-13-27)34(46)19-25-10-15-44(16-11-25)38(47)33-7-4-14-45(33)24-26-5-2-1-3-6-26/h1-7,14,20-23,25,27,36H,8-13,15-19,24H2/t36-/m1/s1. The average Bonchev–Trinajstić information content (AvgIpc) is 3.47. The maximum absolute atomic E-state index is 13.6. The Morgan fingerprint density at radius 2 is 1.57 bits per heavy atom. The third kappa shape index (κ3) is 7.11. The van der Waals surface area contributed by atoms with Crippen LogP contribution in [0.1, 0.15) is 76.5 Å². The van der Waals surface area contributed by atoms with Crippen molar-refractivity contribution in [3.05, 3.63) is 121 Å². The van der Waals surface area contributed by atoms with Crippen LogP contribution in [0.25, 0.3) is 0 Å². The van der Waals surface area contributed by atoms with Gasteiger partial charge in [-0.05, 0) is 119 Å². The van der Waals surface area contributed by atoms with Crippen LogP contribution in [0.4, 0.5) is 0 Å². The Hall–Kier alpha value is -2.94. The number of pyridine rings is 1. The molecule has 6 nitrogen and oxygen atoms in total. The highest BCUT2D eigenvalue weighted by molar-refractivity contribution is 9.10. The van der Waals surface area contributed by atoms with Crippen molar-refractivity contribution in [1.82, 2.24) is 19.4 Å². The van der Waals surface area contributed by atoms with Crippen LogP contribution < -0.4 is 0 Å². The van der Waals surface area contributed by atoms with Gasteiger partial charge in [-0.3, -0.25) is 14.6 Å². The molecule has 4 heterocycles. The average molecular weight is 779 g/mol. The van der Waals surface area contributed by atoms with E-state index in [0.717, 1.165) is 77.0 Å². The zero-order valence-electron chi connectivity index (χ0n) is 26.4. The van der Waals surface area contributed by atoms with Crippen molar-refractivity contribution in [1.29, 1.82) is 0 Å². The number of carbonyl (C=O) groups is 2. The van der Waals surface area contributed by atoms with E-state index in [1.54, 1.807) is 0 Å². The first-order chi connectivity index (χ1) is 22.8. The summed E-state index contributed by atoms with van der Waals surface area (Å²) in [5, 5.41) is 0.753. The zero-order chi connectivity index (χ0) is 32.5. The number of halogens is 3. The Morgan fingerprint density at radius 3 is 2.34 bits per heavy atom. The van der Waals surface area contributed by atoms with Crippen LogP contribution in [0.15, 0.2) is 82.0 Å². The van der Waals surface area contributed by atoms with Crippen LogP contribution >= 0.6 is 43.5 Å². The summed E-state index contributed by atoms with van der Waals surface area (Å²) < 4.78 is 4.09. The topological polar surface area (TPSA) is 58.4 Å². The first-order valence-corrected chi connectivity index (χ1v) is 18.7. The van der Waals surface area contributed by atoms with E-state index in [2.05, 4.69) is 61.0 Å². The molecule has 244 valence electrons. The highest BCUT2D eigenvalue weighted by Gasteiger charge is 2.37. The Labute approximate surface area is 298 Å². The number of hydrogen-bond acceptors (Lipinski definition) is 3. The summed E-state index contributed by atoms with van der Waals surface area (Å²) in [6.45, 7) is 3.59. The summed E-state index contributed by atoms with van der Waals surface area (Å²) >= 11 is 14.0. The van der Waals surface area contributed by atoms with E-state index in [-0.39, 0.29) is 17.7 Å². The molecule has 0 radical (unpaired) electrons. The molecule has 7 rings (SSSR count). The van der Waals surface area contributed by atoms with Crippen molar-refractivity contribution < 1.29 is 9.59 Å². The lowest BCUT2D eigenvalue weighted by Gasteiger charge is -2.38. The van der Waals surface area contributed by atoms with Crippen LogP contribution in [-0.2, 0) is 24.2 Å². The van der Waals surface area contributed by atoms with Gasteiger partial charge in [0.2, 0.25) is 5.91 Å². The predicted molar refractivity (Wildman–Crippen MR) is 193 cm³/mol. The van der Waals surface area contributed by atoms with Gasteiger partial charge in [-0.1, -0.05) is 57.9 Å². The monoisotopic (exact) mass is 776 g/mol. The molecule has 2 aromatic carbocycles. The molecule has 47 heavy (non-hydrogen) atoms. The van der Waals surface area contributed by atoms with Gasteiger partial charge < -0.3 is 14.4 Å². The number of piperidine rings is 2. The van der Waals surface area contributed by atoms with Gasteiger partial charge in [0.15, 0.2) is 0 Å².